The summed E-state index contributed by atoms with van der Waals surface area (Å²) in [5.74, 6) is -0.809. The van der Waals surface area contributed by atoms with E-state index < -0.39 is 5.91 Å². The van der Waals surface area contributed by atoms with Crippen LogP contribution < -0.4 is 5.56 Å². The highest BCUT2D eigenvalue weighted by molar-refractivity contribution is 7.21. The summed E-state index contributed by atoms with van der Waals surface area (Å²) in [5.41, 5.74) is 1.54. The molecule has 152 valence electrons. The zero-order chi connectivity index (χ0) is 21.4. The number of thiophene rings is 1. The molecule has 2 N–H and O–H groups in total. The zero-order valence-electron chi connectivity index (χ0n) is 16.0. The van der Waals surface area contributed by atoms with Gasteiger partial charge in [0.1, 0.15) is 11.4 Å². The first-order valence-electron chi connectivity index (χ1n) is 9.39. The van der Waals surface area contributed by atoms with Crippen LogP contribution in [0.3, 0.4) is 0 Å². The number of rotatable bonds is 4. The number of aromatic hydroxyl groups is 1. The van der Waals surface area contributed by atoms with Gasteiger partial charge < -0.3 is 10.1 Å². The normalized spacial score (nSPS) is 11.6. The number of amides is 1. The third kappa shape index (κ3) is 3.51. The SMILES string of the molecule is O=C(Cn1cnc2sc(-c3ccccc3)cc2c1=O)N=Nc1c(O)[nH]c2ccccc12. The molecular formula is C22H15N5O3S. The predicted octanol–water partition coefficient (Wildman–Crippen LogP) is 4.62. The highest BCUT2D eigenvalue weighted by Crippen LogP contribution is 2.35. The fourth-order valence-corrected chi connectivity index (χ4v) is 4.31. The zero-order valence-corrected chi connectivity index (χ0v) is 16.8. The number of para-hydroxylation sites is 1. The van der Waals surface area contributed by atoms with E-state index in [1.807, 2.05) is 36.4 Å². The minimum absolute atomic E-state index is 0.176. The van der Waals surface area contributed by atoms with Crippen LogP contribution in [0.5, 0.6) is 5.88 Å². The fourth-order valence-electron chi connectivity index (χ4n) is 3.31. The second-order valence-corrected chi connectivity index (χ2v) is 7.87. The molecule has 0 atom stereocenters. The molecule has 5 rings (SSSR count). The third-order valence-electron chi connectivity index (χ3n) is 4.80. The molecule has 0 unspecified atom stereocenters. The van der Waals surface area contributed by atoms with Crippen molar-refractivity contribution < 1.29 is 9.90 Å². The number of fused-ring (bicyclic) bond motifs is 2. The summed E-state index contributed by atoms with van der Waals surface area (Å²) in [6.45, 7) is -0.301. The summed E-state index contributed by atoms with van der Waals surface area (Å²) in [7, 11) is 0. The summed E-state index contributed by atoms with van der Waals surface area (Å²) >= 11 is 1.42. The Labute approximate surface area is 179 Å². The Balaban J connectivity index is 1.41. The van der Waals surface area contributed by atoms with Crippen LogP contribution in [0.4, 0.5) is 5.69 Å². The molecule has 3 heterocycles. The van der Waals surface area contributed by atoms with Gasteiger partial charge in [-0.25, -0.2) is 4.98 Å². The standard InChI is InChI=1S/C22H15N5O3S/c28-18(25-26-19-14-8-4-5-9-16(14)24-20(19)29)11-27-12-23-21-15(22(27)30)10-17(31-21)13-6-2-1-3-7-13/h1-10,12,24,29H,11H2. The molecule has 0 saturated heterocycles. The fraction of sp³-hybridized carbons (Fsp3) is 0.0455. The van der Waals surface area contributed by atoms with E-state index >= 15 is 0 Å². The molecule has 5 aromatic rings. The van der Waals surface area contributed by atoms with Crippen molar-refractivity contribution in [2.24, 2.45) is 10.2 Å². The van der Waals surface area contributed by atoms with E-state index in [9.17, 15) is 14.7 Å². The lowest BCUT2D eigenvalue weighted by Gasteiger charge is -2.00. The van der Waals surface area contributed by atoms with Crippen molar-refractivity contribution in [3.63, 3.8) is 0 Å². The molecule has 8 nitrogen and oxygen atoms in total. The molecule has 3 aromatic heterocycles. The molecule has 0 spiro atoms. The second kappa shape index (κ2) is 7.62. The van der Waals surface area contributed by atoms with Crippen molar-refractivity contribution in [2.45, 2.75) is 6.54 Å². The molecular weight excluding hydrogens is 414 g/mol. The largest absolute Gasteiger partial charge is 0.493 e. The molecule has 9 heteroatoms. The molecule has 0 fully saturated rings. The molecule has 0 radical (unpaired) electrons. The molecule has 0 aliphatic carbocycles. The highest BCUT2D eigenvalue weighted by Gasteiger charge is 2.13. The van der Waals surface area contributed by atoms with E-state index in [4.69, 9.17) is 0 Å². The summed E-state index contributed by atoms with van der Waals surface area (Å²) in [4.78, 5) is 33.8. The van der Waals surface area contributed by atoms with Crippen molar-refractivity contribution >= 4 is 44.1 Å². The number of azo groups is 1. The number of aromatic nitrogens is 3. The van der Waals surface area contributed by atoms with Gasteiger partial charge >= 0.3 is 0 Å². The van der Waals surface area contributed by atoms with Gasteiger partial charge in [0.05, 0.1) is 17.2 Å². The summed E-state index contributed by atoms with van der Waals surface area (Å²) in [5, 5.41) is 18.7. The van der Waals surface area contributed by atoms with Crippen LogP contribution in [0, 0.1) is 0 Å². The van der Waals surface area contributed by atoms with Crippen LogP contribution in [0.2, 0.25) is 0 Å². The highest BCUT2D eigenvalue weighted by atomic mass is 32.1. The second-order valence-electron chi connectivity index (χ2n) is 6.83. The number of hydrogen-bond acceptors (Lipinski definition) is 6. The summed E-state index contributed by atoms with van der Waals surface area (Å²) < 4.78 is 1.21. The van der Waals surface area contributed by atoms with Gasteiger partial charge in [0.2, 0.25) is 5.88 Å². The van der Waals surface area contributed by atoms with Gasteiger partial charge in [0, 0.05) is 10.3 Å². The van der Waals surface area contributed by atoms with Gasteiger partial charge in [-0.1, -0.05) is 48.5 Å². The van der Waals surface area contributed by atoms with E-state index in [0.717, 1.165) is 10.4 Å². The van der Waals surface area contributed by atoms with Crippen LogP contribution in [0.25, 0.3) is 31.6 Å². The Bertz CT molecular complexity index is 1520. The van der Waals surface area contributed by atoms with E-state index in [2.05, 4.69) is 20.2 Å². The maximum Gasteiger partial charge on any atom is 0.284 e. The van der Waals surface area contributed by atoms with Crippen molar-refractivity contribution in [1.29, 1.82) is 0 Å². The Kier molecular flexibility index (Phi) is 4.64. The lowest BCUT2D eigenvalue weighted by Crippen LogP contribution is -2.23. The van der Waals surface area contributed by atoms with Crippen LogP contribution in [-0.4, -0.2) is 25.5 Å². The maximum atomic E-state index is 12.8. The Hall–Kier alpha value is -4.11. The van der Waals surface area contributed by atoms with E-state index in [0.29, 0.717) is 21.1 Å². The quantitative estimate of drug-likeness (QED) is 0.406. The van der Waals surface area contributed by atoms with Gasteiger partial charge in [-0.3, -0.25) is 14.2 Å². The monoisotopic (exact) mass is 429 g/mol. The predicted molar refractivity (Wildman–Crippen MR) is 119 cm³/mol. The number of hydrogen-bond donors (Lipinski definition) is 2. The molecule has 2 aromatic carbocycles. The van der Waals surface area contributed by atoms with E-state index in [1.54, 1.807) is 24.3 Å². The van der Waals surface area contributed by atoms with Crippen molar-refractivity contribution in [2.75, 3.05) is 0 Å². The number of benzene rings is 2. The maximum absolute atomic E-state index is 12.8. The van der Waals surface area contributed by atoms with Gasteiger partial charge in [-0.05, 0) is 17.7 Å². The first kappa shape index (κ1) is 18.9. The number of nitrogens with zero attached hydrogens (tertiary/aromatic N) is 4. The molecule has 0 saturated carbocycles. The van der Waals surface area contributed by atoms with Gasteiger partial charge in [-0.15, -0.1) is 21.6 Å². The Morgan fingerprint density at radius 2 is 1.87 bits per heavy atom. The number of nitrogens with one attached hydrogen (secondary N) is 1. The first-order chi connectivity index (χ1) is 15.1. The Morgan fingerprint density at radius 1 is 1.10 bits per heavy atom. The summed E-state index contributed by atoms with van der Waals surface area (Å²) in [6.07, 6.45) is 1.34. The van der Waals surface area contributed by atoms with Crippen molar-refractivity contribution in [3.05, 3.63) is 77.3 Å². The van der Waals surface area contributed by atoms with Crippen LogP contribution in [-0.2, 0) is 11.3 Å². The average molecular weight is 429 g/mol. The van der Waals surface area contributed by atoms with E-state index in [-0.39, 0.29) is 23.7 Å². The van der Waals surface area contributed by atoms with Gasteiger partial charge in [0.15, 0.2) is 5.69 Å². The number of aromatic amines is 1. The van der Waals surface area contributed by atoms with Gasteiger partial charge in [-0.2, -0.15) is 0 Å². The van der Waals surface area contributed by atoms with Crippen LogP contribution in [0.15, 0.2) is 82.0 Å². The molecule has 31 heavy (non-hydrogen) atoms. The minimum Gasteiger partial charge on any atom is -0.493 e. The lowest BCUT2D eigenvalue weighted by atomic mass is 10.2. The minimum atomic E-state index is -0.633. The third-order valence-corrected chi connectivity index (χ3v) is 5.90. The average Bonchev–Trinajstić information content (AvgIpc) is 3.36. The molecule has 1 amide bonds. The smallest absolute Gasteiger partial charge is 0.284 e. The Morgan fingerprint density at radius 3 is 2.71 bits per heavy atom. The molecule has 0 aliphatic heterocycles. The number of carbonyl (C=O) groups is 1. The molecule has 0 bridgehead atoms. The van der Waals surface area contributed by atoms with Crippen LogP contribution >= 0.6 is 11.3 Å². The van der Waals surface area contributed by atoms with Crippen LogP contribution in [0.1, 0.15) is 0 Å². The lowest BCUT2D eigenvalue weighted by molar-refractivity contribution is -0.118. The molecule has 0 aliphatic rings. The topological polar surface area (TPSA) is 113 Å². The number of H-pyrrole nitrogens is 1. The first-order valence-corrected chi connectivity index (χ1v) is 10.2. The van der Waals surface area contributed by atoms with E-state index in [1.165, 1.54) is 22.2 Å². The van der Waals surface area contributed by atoms with Crippen molar-refractivity contribution in [3.8, 4) is 16.3 Å². The number of carbonyl (C=O) groups excluding carboxylic acids is 1. The van der Waals surface area contributed by atoms with Gasteiger partial charge in [0.25, 0.3) is 11.5 Å². The summed E-state index contributed by atoms with van der Waals surface area (Å²) in [6, 6.07) is 18.7. The van der Waals surface area contributed by atoms with Crippen molar-refractivity contribution in [1.82, 2.24) is 14.5 Å².